The van der Waals surface area contributed by atoms with Gasteiger partial charge in [-0.25, -0.2) is 0 Å². The van der Waals surface area contributed by atoms with Gasteiger partial charge in [0.05, 0.1) is 5.92 Å². The number of rotatable bonds is 3. The van der Waals surface area contributed by atoms with Crippen LogP contribution in [0.4, 0.5) is 0 Å². The van der Waals surface area contributed by atoms with Crippen LogP contribution in [0.15, 0.2) is 0 Å². The smallest absolute Gasteiger partial charge is 0.227 e. The summed E-state index contributed by atoms with van der Waals surface area (Å²) >= 11 is 0. The molecule has 0 spiro atoms. The van der Waals surface area contributed by atoms with Gasteiger partial charge in [-0.15, -0.1) is 0 Å². The highest BCUT2D eigenvalue weighted by Crippen LogP contribution is 2.37. The van der Waals surface area contributed by atoms with Crippen LogP contribution in [0.3, 0.4) is 0 Å². The fourth-order valence-electron chi connectivity index (χ4n) is 4.30. The van der Waals surface area contributed by atoms with Crippen LogP contribution in [0.25, 0.3) is 0 Å². The van der Waals surface area contributed by atoms with Crippen LogP contribution in [-0.4, -0.2) is 29.4 Å². The summed E-state index contributed by atoms with van der Waals surface area (Å²) in [6, 6.07) is 0. The standard InChI is InChI=1S/C17H32N2O/c1-4-9-16(2)10-7-12-19(13-16)15(20)14-8-5-6-11-17(14,3)18/h14H,4-13,18H2,1-3H3. The Hall–Kier alpha value is -0.570. The van der Waals surface area contributed by atoms with E-state index in [1.807, 2.05) is 0 Å². The Balaban J connectivity index is 2.04. The first-order chi connectivity index (χ1) is 9.38. The fourth-order valence-corrected chi connectivity index (χ4v) is 4.30. The van der Waals surface area contributed by atoms with Crippen molar-refractivity contribution in [1.29, 1.82) is 0 Å². The molecular weight excluding hydrogens is 248 g/mol. The Bertz CT molecular complexity index is 349. The Labute approximate surface area is 124 Å². The van der Waals surface area contributed by atoms with Crippen LogP contribution in [-0.2, 0) is 4.79 Å². The maximum atomic E-state index is 12.9. The summed E-state index contributed by atoms with van der Waals surface area (Å²) in [4.78, 5) is 15.0. The number of hydrogen-bond acceptors (Lipinski definition) is 2. The third kappa shape index (κ3) is 3.36. The third-order valence-corrected chi connectivity index (χ3v) is 5.50. The second-order valence-electron chi connectivity index (χ2n) is 7.73. The summed E-state index contributed by atoms with van der Waals surface area (Å²) in [5.74, 6) is 0.372. The van der Waals surface area contributed by atoms with E-state index in [2.05, 4.69) is 25.7 Å². The molecule has 0 aromatic carbocycles. The highest BCUT2D eigenvalue weighted by molar-refractivity contribution is 5.80. The van der Waals surface area contributed by atoms with E-state index in [-0.39, 0.29) is 11.5 Å². The summed E-state index contributed by atoms with van der Waals surface area (Å²) in [7, 11) is 0. The lowest BCUT2D eigenvalue weighted by Gasteiger charge is -2.45. The van der Waals surface area contributed by atoms with E-state index in [9.17, 15) is 4.79 Å². The molecule has 1 aliphatic carbocycles. The Morgan fingerprint density at radius 1 is 1.25 bits per heavy atom. The molecule has 3 atom stereocenters. The Morgan fingerprint density at radius 2 is 2.00 bits per heavy atom. The number of piperidine rings is 1. The topological polar surface area (TPSA) is 46.3 Å². The molecule has 1 amide bonds. The highest BCUT2D eigenvalue weighted by Gasteiger charge is 2.42. The van der Waals surface area contributed by atoms with Gasteiger partial charge < -0.3 is 10.6 Å². The van der Waals surface area contributed by atoms with E-state index in [1.54, 1.807) is 0 Å². The van der Waals surface area contributed by atoms with Gasteiger partial charge in [0.1, 0.15) is 0 Å². The average molecular weight is 280 g/mol. The molecule has 1 saturated carbocycles. The van der Waals surface area contributed by atoms with Crippen molar-refractivity contribution in [3.8, 4) is 0 Å². The van der Waals surface area contributed by atoms with E-state index in [1.165, 1.54) is 25.7 Å². The van der Waals surface area contributed by atoms with Crippen molar-refractivity contribution in [1.82, 2.24) is 4.90 Å². The summed E-state index contributed by atoms with van der Waals surface area (Å²) in [5, 5.41) is 0. The van der Waals surface area contributed by atoms with Gasteiger partial charge in [0.15, 0.2) is 0 Å². The predicted molar refractivity (Wildman–Crippen MR) is 83.4 cm³/mol. The monoisotopic (exact) mass is 280 g/mol. The number of amides is 1. The molecule has 3 unspecified atom stereocenters. The van der Waals surface area contributed by atoms with Crippen molar-refractivity contribution in [2.45, 2.75) is 77.7 Å². The van der Waals surface area contributed by atoms with Crippen LogP contribution >= 0.6 is 0 Å². The summed E-state index contributed by atoms with van der Waals surface area (Å²) in [6.07, 6.45) is 9.13. The minimum absolute atomic E-state index is 0.0419. The number of nitrogens with zero attached hydrogens (tertiary/aromatic N) is 1. The molecule has 0 bridgehead atoms. The van der Waals surface area contributed by atoms with Gasteiger partial charge in [0.25, 0.3) is 0 Å². The molecule has 1 heterocycles. The first kappa shape index (κ1) is 15.8. The zero-order chi connectivity index (χ0) is 14.8. The molecule has 0 radical (unpaired) electrons. The van der Waals surface area contributed by atoms with E-state index in [4.69, 9.17) is 5.73 Å². The normalized spacial score (nSPS) is 38.8. The van der Waals surface area contributed by atoms with E-state index < -0.39 is 0 Å². The van der Waals surface area contributed by atoms with Crippen LogP contribution < -0.4 is 5.73 Å². The lowest BCUT2D eigenvalue weighted by molar-refractivity contribution is -0.142. The summed E-state index contributed by atoms with van der Waals surface area (Å²) in [5.41, 5.74) is 6.43. The first-order valence-electron chi connectivity index (χ1n) is 8.46. The van der Waals surface area contributed by atoms with E-state index in [0.717, 1.165) is 38.8 Å². The highest BCUT2D eigenvalue weighted by atomic mass is 16.2. The SMILES string of the molecule is CCCC1(C)CCCN(C(=O)C2CCCCC2(C)N)C1. The summed E-state index contributed by atoms with van der Waals surface area (Å²) < 4.78 is 0. The first-order valence-corrected chi connectivity index (χ1v) is 8.46. The molecule has 1 aliphatic heterocycles. The lowest BCUT2D eigenvalue weighted by Crippen LogP contribution is -2.56. The Morgan fingerprint density at radius 3 is 2.65 bits per heavy atom. The molecule has 20 heavy (non-hydrogen) atoms. The van der Waals surface area contributed by atoms with Crippen LogP contribution in [0.5, 0.6) is 0 Å². The van der Waals surface area contributed by atoms with Crippen LogP contribution in [0, 0.1) is 11.3 Å². The van der Waals surface area contributed by atoms with E-state index >= 15 is 0 Å². The number of hydrogen-bond donors (Lipinski definition) is 1. The van der Waals surface area contributed by atoms with E-state index in [0.29, 0.717) is 11.3 Å². The largest absolute Gasteiger partial charge is 0.342 e. The molecule has 2 rings (SSSR count). The maximum absolute atomic E-state index is 12.9. The molecule has 3 nitrogen and oxygen atoms in total. The molecule has 116 valence electrons. The van der Waals surface area contributed by atoms with Crippen molar-refractivity contribution in [2.75, 3.05) is 13.1 Å². The zero-order valence-electron chi connectivity index (χ0n) is 13.6. The van der Waals surface area contributed by atoms with Crippen molar-refractivity contribution < 1.29 is 4.79 Å². The van der Waals surface area contributed by atoms with Crippen molar-refractivity contribution in [3.05, 3.63) is 0 Å². The molecule has 3 heteroatoms. The van der Waals surface area contributed by atoms with Gasteiger partial charge in [-0.05, 0) is 44.4 Å². The van der Waals surface area contributed by atoms with Gasteiger partial charge in [-0.1, -0.05) is 33.1 Å². The maximum Gasteiger partial charge on any atom is 0.227 e. The fraction of sp³-hybridized carbons (Fsp3) is 0.941. The number of likely N-dealkylation sites (tertiary alicyclic amines) is 1. The molecular formula is C17H32N2O. The number of carbonyl (C=O) groups excluding carboxylic acids is 1. The second kappa shape index (κ2) is 6.05. The molecule has 0 aromatic rings. The van der Waals surface area contributed by atoms with Crippen molar-refractivity contribution in [2.24, 2.45) is 17.1 Å². The average Bonchev–Trinajstić information content (AvgIpc) is 2.37. The predicted octanol–water partition coefficient (Wildman–Crippen LogP) is 3.32. The van der Waals surface area contributed by atoms with Crippen LogP contribution in [0.1, 0.15) is 72.1 Å². The quantitative estimate of drug-likeness (QED) is 0.862. The lowest BCUT2D eigenvalue weighted by atomic mass is 9.72. The molecule has 1 saturated heterocycles. The second-order valence-corrected chi connectivity index (χ2v) is 7.73. The van der Waals surface area contributed by atoms with Gasteiger partial charge in [-0.2, -0.15) is 0 Å². The molecule has 0 aromatic heterocycles. The van der Waals surface area contributed by atoms with Crippen LogP contribution in [0.2, 0.25) is 0 Å². The number of carbonyl (C=O) groups is 1. The third-order valence-electron chi connectivity index (χ3n) is 5.50. The van der Waals surface area contributed by atoms with Gasteiger partial charge in [0.2, 0.25) is 5.91 Å². The van der Waals surface area contributed by atoms with Crippen molar-refractivity contribution in [3.63, 3.8) is 0 Å². The van der Waals surface area contributed by atoms with Crippen molar-refractivity contribution >= 4 is 5.91 Å². The van der Waals surface area contributed by atoms with Gasteiger partial charge in [0, 0.05) is 18.6 Å². The minimum atomic E-state index is -0.298. The Kier molecular flexibility index (Phi) is 4.78. The number of nitrogens with two attached hydrogens (primary N) is 1. The van der Waals surface area contributed by atoms with Gasteiger partial charge in [-0.3, -0.25) is 4.79 Å². The molecule has 2 N–H and O–H groups in total. The minimum Gasteiger partial charge on any atom is -0.342 e. The van der Waals surface area contributed by atoms with Gasteiger partial charge >= 0.3 is 0 Å². The zero-order valence-corrected chi connectivity index (χ0v) is 13.6. The molecule has 2 fully saturated rings. The molecule has 2 aliphatic rings. The summed E-state index contributed by atoms with van der Waals surface area (Å²) in [6.45, 7) is 8.53.